The molecule has 31 heavy (non-hydrogen) atoms. The van der Waals surface area contributed by atoms with Crippen molar-refractivity contribution in [1.29, 1.82) is 0 Å². The van der Waals surface area contributed by atoms with Gasteiger partial charge in [0.15, 0.2) is 0 Å². The highest BCUT2D eigenvalue weighted by molar-refractivity contribution is 5.85. The molecule has 4 rings (SSSR count). The Bertz CT molecular complexity index is 1300. The van der Waals surface area contributed by atoms with E-state index in [1.807, 2.05) is 39.2 Å². The fourth-order valence-corrected chi connectivity index (χ4v) is 3.22. The van der Waals surface area contributed by atoms with Gasteiger partial charge in [-0.2, -0.15) is 0 Å². The number of methoxy groups -OCH3 is 1. The van der Waals surface area contributed by atoms with Crippen LogP contribution < -0.4 is 20.3 Å². The number of nitrogens with zero attached hydrogens (tertiary/aromatic N) is 4. The van der Waals surface area contributed by atoms with Gasteiger partial charge in [-0.25, -0.2) is 15.0 Å². The standard InChI is InChI=1S/C22H24N6O3/c1-13-16-12-14(31-11-10-28(2)3)8-9-17(16)24-21(23-13)27-22-25-19-15(20(29)26-22)6-5-7-18(19)30-4/h5-9,12H,10-11H2,1-4H3,(H2,23,24,25,26,27,29). The van der Waals surface area contributed by atoms with Crippen LogP contribution in [0.25, 0.3) is 21.8 Å². The van der Waals surface area contributed by atoms with Crippen molar-refractivity contribution in [2.24, 2.45) is 0 Å². The Kier molecular flexibility index (Phi) is 5.68. The molecule has 0 spiro atoms. The largest absolute Gasteiger partial charge is 0.494 e. The van der Waals surface area contributed by atoms with Gasteiger partial charge in [-0.3, -0.25) is 15.1 Å². The summed E-state index contributed by atoms with van der Waals surface area (Å²) in [6.45, 7) is 3.33. The van der Waals surface area contributed by atoms with E-state index in [-0.39, 0.29) is 11.5 Å². The highest BCUT2D eigenvalue weighted by Gasteiger charge is 2.11. The Morgan fingerprint density at radius 3 is 2.71 bits per heavy atom. The van der Waals surface area contributed by atoms with Crippen molar-refractivity contribution in [2.75, 3.05) is 39.7 Å². The first-order valence-corrected chi connectivity index (χ1v) is 9.84. The van der Waals surface area contributed by atoms with Crippen LogP contribution in [0.3, 0.4) is 0 Å². The van der Waals surface area contributed by atoms with Crippen LogP contribution in [-0.2, 0) is 0 Å². The Balaban J connectivity index is 1.64. The Hall–Kier alpha value is -3.72. The molecule has 0 aliphatic rings. The number of benzene rings is 2. The zero-order valence-electron chi connectivity index (χ0n) is 17.9. The number of anilines is 2. The maximum atomic E-state index is 12.5. The smallest absolute Gasteiger partial charge is 0.260 e. The van der Waals surface area contributed by atoms with Gasteiger partial charge in [0.1, 0.15) is 23.6 Å². The quantitative estimate of drug-likeness (QED) is 0.470. The predicted molar refractivity (Wildman–Crippen MR) is 121 cm³/mol. The summed E-state index contributed by atoms with van der Waals surface area (Å²) >= 11 is 0. The molecule has 0 aliphatic heterocycles. The van der Waals surface area contributed by atoms with Crippen LogP contribution in [0.15, 0.2) is 41.2 Å². The van der Waals surface area contributed by atoms with Gasteiger partial charge in [-0.1, -0.05) is 6.07 Å². The number of aromatic amines is 1. The fraction of sp³-hybridized carbons (Fsp3) is 0.273. The zero-order valence-corrected chi connectivity index (χ0v) is 17.9. The summed E-state index contributed by atoms with van der Waals surface area (Å²) < 4.78 is 11.1. The highest BCUT2D eigenvalue weighted by Crippen LogP contribution is 2.25. The number of nitrogens with one attached hydrogen (secondary N) is 2. The Morgan fingerprint density at radius 1 is 1.10 bits per heavy atom. The van der Waals surface area contributed by atoms with Crippen molar-refractivity contribution in [2.45, 2.75) is 6.92 Å². The number of likely N-dealkylation sites (N-methyl/N-ethyl adjacent to an activating group) is 1. The molecular weight excluding hydrogens is 396 g/mol. The Labute approximate surface area is 179 Å². The van der Waals surface area contributed by atoms with Gasteiger partial charge in [-0.05, 0) is 51.4 Å². The lowest BCUT2D eigenvalue weighted by atomic mass is 10.2. The lowest BCUT2D eigenvalue weighted by Crippen LogP contribution is -2.19. The number of para-hydroxylation sites is 1. The minimum absolute atomic E-state index is 0.240. The van der Waals surface area contributed by atoms with Crippen molar-refractivity contribution in [3.8, 4) is 11.5 Å². The van der Waals surface area contributed by atoms with Crippen LogP contribution in [0, 0.1) is 6.92 Å². The molecule has 0 saturated heterocycles. The van der Waals surface area contributed by atoms with Crippen LogP contribution in [-0.4, -0.2) is 59.2 Å². The van der Waals surface area contributed by atoms with E-state index in [2.05, 4.69) is 30.2 Å². The van der Waals surface area contributed by atoms with Gasteiger partial charge >= 0.3 is 0 Å². The molecule has 0 atom stereocenters. The topological polar surface area (TPSA) is 105 Å². The molecule has 0 bridgehead atoms. The maximum Gasteiger partial charge on any atom is 0.260 e. The first kappa shape index (κ1) is 20.5. The van der Waals surface area contributed by atoms with E-state index < -0.39 is 0 Å². The number of hydrogen-bond donors (Lipinski definition) is 2. The van der Waals surface area contributed by atoms with Crippen molar-refractivity contribution in [3.05, 3.63) is 52.4 Å². The third-order valence-corrected chi connectivity index (χ3v) is 4.81. The molecule has 0 aliphatic carbocycles. The summed E-state index contributed by atoms with van der Waals surface area (Å²) in [6.07, 6.45) is 0. The summed E-state index contributed by atoms with van der Waals surface area (Å²) in [5.41, 5.74) is 1.73. The van der Waals surface area contributed by atoms with Crippen LogP contribution in [0.2, 0.25) is 0 Å². The predicted octanol–water partition coefficient (Wildman–Crippen LogP) is 2.87. The van der Waals surface area contributed by atoms with Crippen LogP contribution >= 0.6 is 0 Å². The van der Waals surface area contributed by atoms with Crippen LogP contribution in [0.4, 0.5) is 11.9 Å². The average molecular weight is 420 g/mol. The van der Waals surface area contributed by atoms with Gasteiger partial charge in [0.2, 0.25) is 11.9 Å². The molecular formula is C22H24N6O3. The second kappa shape index (κ2) is 8.57. The molecule has 160 valence electrons. The highest BCUT2D eigenvalue weighted by atomic mass is 16.5. The number of aryl methyl sites for hydroxylation is 1. The number of aromatic nitrogens is 4. The number of hydrogen-bond acceptors (Lipinski definition) is 8. The third kappa shape index (κ3) is 4.41. The van der Waals surface area contributed by atoms with Gasteiger partial charge in [0.25, 0.3) is 5.56 Å². The average Bonchev–Trinajstić information content (AvgIpc) is 2.73. The van der Waals surface area contributed by atoms with Crippen molar-refractivity contribution in [1.82, 2.24) is 24.8 Å². The van der Waals surface area contributed by atoms with E-state index in [9.17, 15) is 4.79 Å². The van der Waals surface area contributed by atoms with E-state index in [4.69, 9.17) is 9.47 Å². The van der Waals surface area contributed by atoms with Crippen molar-refractivity contribution < 1.29 is 9.47 Å². The summed E-state index contributed by atoms with van der Waals surface area (Å²) in [6, 6.07) is 10.9. The first-order valence-electron chi connectivity index (χ1n) is 9.84. The van der Waals surface area contributed by atoms with Crippen molar-refractivity contribution >= 4 is 33.7 Å². The summed E-state index contributed by atoms with van der Waals surface area (Å²) in [5, 5.41) is 4.35. The van der Waals surface area contributed by atoms with E-state index in [0.29, 0.717) is 29.2 Å². The van der Waals surface area contributed by atoms with Gasteiger partial charge in [0.05, 0.1) is 23.7 Å². The molecule has 2 aromatic carbocycles. The first-order chi connectivity index (χ1) is 14.9. The lowest BCUT2D eigenvalue weighted by Gasteiger charge is -2.12. The lowest BCUT2D eigenvalue weighted by molar-refractivity contribution is 0.261. The number of H-pyrrole nitrogens is 1. The molecule has 2 heterocycles. The normalized spacial score (nSPS) is 11.3. The molecule has 9 heteroatoms. The SMILES string of the molecule is COc1cccc2c(=O)[nH]c(Nc3nc(C)c4cc(OCCN(C)C)ccc4n3)nc12. The van der Waals surface area contributed by atoms with Gasteiger partial charge in [-0.15, -0.1) is 0 Å². The summed E-state index contributed by atoms with van der Waals surface area (Å²) in [4.78, 5) is 30.8. The maximum absolute atomic E-state index is 12.5. The fourth-order valence-electron chi connectivity index (χ4n) is 3.22. The minimum atomic E-state index is -0.275. The zero-order chi connectivity index (χ0) is 22.0. The minimum Gasteiger partial charge on any atom is -0.494 e. The van der Waals surface area contributed by atoms with E-state index in [1.165, 1.54) is 0 Å². The third-order valence-electron chi connectivity index (χ3n) is 4.81. The monoisotopic (exact) mass is 420 g/mol. The second-order valence-electron chi connectivity index (χ2n) is 7.36. The molecule has 2 aromatic heterocycles. The second-order valence-corrected chi connectivity index (χ2v) is 7.36. The molecule has 0 amide bonds. The molecule has 4 aromatic rings. The molecule has 0 unspecified atom stereocenters. The van der Waals surface area contributed by atoms with E-state index in [1.54, 1.807) is 25.3 Å². The number of ether oxygens (including phenoxy) is 2. The summed E-state index contributed by atoms with van der Waals surface area (Å²) in [5.74, 6) is 1.87. The van der Waals surface area contributed by atoms with Crippen LogP contribution in [0.1, 0.15) is 5.69 Å². The molecule has 0 radical (unpaired) electrons. The van der Waals surface area contributed by atoms with Gasteiger partial charge in [0, 0.05) is 11.9 Å². The molecule has 9 nitrogen and oxygen atoms in total. The number of rotatable bonds is 7. The summed E-state index contributed by atoms with van der Waals surface area (Å²) in [7, 11) is 5.55. The molecule has 2 N–H and O–H groups in total. The van der Waals surface area contributed by atoms with E-state index >= 15 is 0 Å². The van der Waals surface area contributed by atoms with E-state index in [0.717, 1.165) is 28.9 Å². The number of fused-ring (bicyclic) bond motifs is 2. The Morgan fingerprint density at radius 2 is 1.94 bits per heavy atom. The molecule has 0 fully saturated rings. The van der Waals surface area contributed by atoms with Crippen LogP contribution in [0.5, 0.6) is 11.5 Å². The van der Waals surface area contributed by atoms with Crippen molar-refractivity contribution in [3.63, 3.8) is 0 Å². The van der Waals surface area contributed by atoms with Gasteiger partial charge < -0.3 is 14.4 Å². The molecule has 0 saturated carbocycles.